The predicted molar refractivity (Wildman–Crippen MR) is 115 cm³/mol. The number of hydrogen-bond donors (Lipinski definition) is 1. The van der Waals surface area contributed by atoms with E-state index in [9.17, 15) is 9.18 Å². The maximum Gasteiger partial charge on any atom is 0.407 e. The van der Waals surface area contributed by atoms with Gasteiger partial charge in [-0.15, -0.1) is 0 Å². The largest absolute Gasteiger partial charge is 0.490 e. The van der Waals surface area contributed by atoms with Crippen molar-refractivity contribution in [1.82, 2.24) is 24.7 Å². The van der Waals surface area contributed by atoms with E-state index in [1.54, 1.807) is 6.07 Å². The molecule has 2 aliphatic rings. The molecule has 8 nitrogen and oxygen atoms in total. The highest BCUT2D eigenvalue weighted by atomic mass is 19.1. The Morgan fingerprint density at radius 3 is 2.61 bits per heavy atom. The Kier molecular flexibility index (Phi) is 6.82. The zero-order chi connectivity index (χ0) is 21.8. The van der Waals surface area contributed by atoms with Crippen LogP contribution in [0.2, 0.25) is 0 Å². The van der Waals surface area contributed by atoms with Gasteiger partial charge in [-0.05, 0) is 32.4 Å². The second-order valence-corrected chi connectivity index (χ2v) is 8.45. The van der Waals surface area contributed by atoms with Crippen LogP contribution in [0, 0.1) is 5.82 Å². The van der Waals surface area contributed by atoms with Crippen molar-refractivity contribution in [2.75, 3.05) is 59.5 Å². The summed E-state index contributed by atoms with van der Waals surface area (Å²) in [6.45, 7) is 6.61. The number of piperazine rings is 1. The lowest BCUT2D eigenvalue weighted by atomic mass is 9.91. The van der Waals surface area contributed by atoms with Crippen LogP contribution in [0.1, 0.15) is 30.9 Å². The molecular weight excluding hydrogens is 401 g/mol. The number of ether oxygens (including phenoxy) is 1. The number of hydrogen-bond acceptors (Lipinski definition) is 6. The molecule has 3 heterocycles. The molecule has 9 heteroatoms. The summed E-state index contributed by atoms with van der Waals surface area (Å²) in [4.78, 5) is 26.0. The first-order chi connectivity index (χ1) is 15.0. The Labute approximate surface area is 181 Å². The molecule has 0 unspecified atom stereocenters. The third-order valence-corrected chi connectivity index (χ3v) is 6.34. The van der Waals surface area contributed by atoms with Crippen LogP contribution in [0.15, 0.2) is 18.5 Å². The fourth-order valence-corrected chi connectivity index (χ4v) is 4.40. The number of benzene rings is 1. The molecule has 1 aromatic carbocycles. The first kappa shape index (κ1) is 21.7. The number of halogens is 1. The lowest BCUT2D eigenvalue weighted by Gasteiger charge is -2.32. The van der Waals surface area contributed by atoms with Crippen LogP contribution in [-0.2, 0) is 0 Å². The van der Waals surface area contributed by atoms with E-state index in [2.05, 4.69) is 26.8 Å². The lowest BCUT2D eigenvalue weighted by molar-refractivity contribution is 0.132. The van der Waals surface area contributed by atoms with Crippen LogP contribution >= 0.6 is 0 Å². The Balaban J connectivity index is 1.38. The minimum atomic E-state index is -0.897. The van der Waals surface area contributed by atoms with Crippen molar-refractivity contribution in [3.05, 3.63) is 30.0 Å². The summed E-state index contributed by atoms with van der Waals surface area (Å²) in [5.74, 6) is -0.0989. The number of rotatable bonds is 6. The molecular formula is C22H30FN5O3. The highest BCUT2D eigenvalue weighted by Gasteiger charge is 2.26. The number of nitrogens with zero attached hydrogens (tertiary/aromatic N) is 5. The van der Waals surface area contributed by atoms with Gasteiger partial charge in [0, 0.05) is 63.2 Å². The van der Waals surface area contributed by atoms with Crippen molar-refractivity contribution in [1.29, 1.82) is 0 Å². The maximum absolute atomic E-state index is 14.8. The minimum Gasteiger partial charge on any atom is -0.490 e. The van der Waals surface area contributed by atoms with Crippen LogP contribution in [0.4, 0.5) is 9.18 Å². The van der Waals surface area contributed by atoms with Gasteiger partial charge in [0.15, 0.2) is 11.6 Å². The molecule has 2 saturated heterocycles. The first-order valence-corrected chi connectivity index (χ1v) is 11.0. The first-order valence-electron chi connectivity index (χ1n) is 11.0. The van der Waals surface area contributed by atoms with E-state index in [0.717, 1.165) is 44.8 Å². The average Bonchev–Trinajstić information content (AvgIpc) is 2.78. The summed E-state index contributed by atoms with van der Waals surface area (Å²) in [6.07, 6.45) is 2.79. The van der Waals surface area contributed by atoms with E-state index < -0.39 is 11.9 Å². The number of carbonyl (C=O) groups is 1. The van der Waals surface area contributed by atoms with Gasteiger partial charge < -0.3 is 24.5 Å². The molecule has 1 aromatic heterocycles. The molecule has 1 N–H and O–H groups in total. The topological polar surface area (TPSA) is 82.0 Å². The standard InChI is InChI=1S/C22H30FN5O3/c1-26-8-10-27(11-9-26)5-2-12-31-20-14-19-17(13-18(20)23)21(25-15-24-19)16-3-6-28(7-4-16)22(29)30/h13-16H,2-12H2,1H3,(H,29,30). The van der Waals surface area contributed by atoms with Gasteiger partial charge in [0.05, 0.1) is 17.8 Å². The highest BCUT2D eigenvalue weighted by molar-refractivity contribution is 5.82. The summed E-state index contributed by atoms with van der Waals surface area (Å²) in [5, 5.41) is 9.82. The molecule has 0 spiro atoms. The van der Waals surface area contributed by atoms with Gasteiger partial charge >= 0.3 is 6.09 Å². The lowest BCUT2D eigenvalue weighted by Crippen LogP contribution is -2.44. The van der Waals surface area contributed by atoms with Crippen molar-refractivity contribution < 1.29 is 19.0 Å². The number of piperidine rings is 1. The normalized spacial score (nSPS) is 19.1. The zero-order valence-corrected chi connectivity index (χ0v) is 18.0. The van der Waals surface area contributed by atoms with Crippen molar-refractivity contribution in [2.24, 2.45) is 0 Å². The molecule has 31 heavy (non-hydrogen) atoms. The van der Waals surface area contributed by atoms with Crippen LogP contribution < -0.4 is 4.74 Å². The van der Waals surface area contributed by atoms with Crippen molar-refractivity contribution in [3.63, 3.8) is 0 Å². The third kappa shape index (κ3) is 5.22. The summed E-state index contributed by atoms with van der Waals surface area (Å²) >= 11 is 0. The van der Waals surface area contributed by atoms with Gasteiger partial charge in [-0.25, -0.2) is 19.2 Å². The predicted octanol–water partition coefficient (Wildman–Crippen LogP) is 2.64. The minimum absolute atomic E-state index is 0.0934. The molecule has 2 fully saturated rings. The number of likely N-dealkylation sites (tertiary alicyclic amines) is 1. The van der Waals surface area contributed by atoms with Crippen LogP contribution in [0.25, 0.3) is 10.9 Å². The molecule has 2 aliphatic heterocycles. The second kappa shape index (κ2) is 9.74. The number of aromatic nitrogens is 2. The highest BCUT2D eigenvalue weighted by Crippen LogP contribution is 2.33. The summed E-state index contributed by atoms with van der Waals surface area (Å²) in [6, 6.07) is 3.11. The number of fused-ring (bicyclic) bond motifs is 1. The number of carboxylic acid groups (broad SMARTS) is 1. The van der Waals surface area contributed by atoms with Gasteiger partial charge in [-0.1, -0.05) is 0 Å². The van der Waals surface area contributed by atoms with Gasteiger partial charge in [0.1, 0.15) is 6.33 Å². The number of likely N-dealkylation sites (N-methyl/N-ethyl adjacent to an activating group) is 1. The van der Waals surface area contributed by atoms with E-state index in [0.29, 0.717) is 43.4 Å². The van der Waals surface area contributed by atoms with Crippen LogP contribution in [0.3, 0.4) is 0 Å². The fourth-order valence-electron chi connectivity index (χ4n) is 4.40. The van der Waals surface area contributed by atoms with Crippen molar-refractivity contribution >= 4 is 17.0 Å². The molecule has 168 valence electrons. The Bertz CT molecular complexity index is 911. The van der Waals surface area contributed by atoms with E-state index in [1.165, 1.54) is 17.3 Å². The maximum atomic E-state index is 14.8. The number of amides is 1. The summed E-state index contributed by atoms with van der Waals surface area (Å²) in [7, 11) is 2.14. The molecule has 2 aromatic rings. The monoisotopic (exact) mass is 431 g/mol. The zero-order valence-electron chi connectivity index (χ0n) is 18.0. The molecule has 0 atom stereocenters. The van der Waals surface area contributed by atoms with Gasteiger partial charge in [-0.2, -0.15) is 0 Å². The van der Waals surface area contributed by atoms with Crippen LogP contribution in [-0.4, -0.2) is 95.3 Å². The Morgan fingerprint density at radius 1 is 1.16 bits per heavy atom. The quantitative estimate of drug-likeness (QED) is 0.704. The molecule has 0 aliphatic carbocycles. The summed E-state index contributed by atoms with van der Waals surface area (Å²) in [5.41, 5.74) is 1.44. The Hall–Kier alpha value is -2.52. The van der Waals surface area contributed by atoms with E-state index in [-0.39, 0.29) is 11.7 Å². The van der Waals surface area contributed by atoms with Crippen LogP contribution in [0.5, 0.6) is 5.75 Å². The SMILES string of the molecule is CN1CCN(CCCOc2cc3ncnc(C4CCN(C(=O)O)CC4)c3cc2F)CC1. The van der Waals surface area contributed by atoms with Gasteiger partial charge in [-0.3, -0.25) is 0 Å². The molecule has 4 rings (SSSR count). The molecule has 1 amide bonds. The molecule has 0 bridgehead atoms. The van der Waals surface area contributed by atoms with Gasteiger partial charge in [0.2, 0.25) is 0 Å². The molecule has 0 radical (unpaired) electrons. The average molecular weight is 432 g/mol. The van der Waals surface area contributed by atoms with Crippen molar-refractivity contribution in [2.45, 2.75) is 25.2 Å². The Morgan fingerprint density at radius 2 is 1.90 bits per heavy atom. The van der Waals surface area contributed by atoms with E-state index >= 15 is 0 Å². The second-order valence-electron chi connectivity index (χ2n) is 8.45. The van der Waals surface area contributed by atoms with Crippen molar-refractivity contribution in [3.8, 4) is 5.75 Å². The van der Waals surface area contributed by atoms with E-state index in [4.69, 9.17) is 9.84 Å². The smallest absolute Gasteiger partial charge is 0.407 e. The summed E-state index contributed by atoms with van der Waals surface area (Å²) < 4.78 is 20.5. The fraction of sp³-hybridized carbons (Fsp3) is 0.591. The van der Waals surface area contributed by atoms with E-state index in [1.807, 2.05) is 0 Å². The van der Waals surface area contributed by atoms with Gasteiger partial charge in [0.25, 0.3) is 0 Å². The third-order valence-electron chi connectivity index (χ3n) is 6.34. The molecule has 0 saturated carbocycles.